The molecule has 0 atom stereocenters. The first-order chi connectivity index (χ1) is 12.1. The largest absolute Gasteiger partial charge is 0.495 e. The molecule has 4 aromatic rings. The lowest BCUT2D eigenvalue weighted by Crippen LogP contribution is -2.25. The topological polar surface area (TPSA) is 77.0 Å². The third-order valence-electron chi connectivity index (χ3n) is 4.31. The molecule has 2 heterocycles. The minimum Gasteiger partial charge on any atom is -0.495 e. The molecule has 2 aromatic carbocycles. The number of fused-ring (bicyclic) bond motifs is 2. The predicted octanol–water partition coefficient (Wildman–Crippen LogP) is 2.54. The van der Waals surface area contributed by atoms with Crippen LogP contribution in [0, 0.1) is 6.92 Å². The molecule has 0 spiro atoms. The maximum absolute atomic E-state index is 13.1. The Labute approximate surface area is 142 Å². The van der Waals surface area contributed by atoms with Crippen LogP contribution in [0.5, 0.6) is 5.75 Å². The molecule has 0 aliphatic rings. The van der Waals surface area contributed by atoms with Crippen LogP contribution in [0.15, 0.2) is 58.4 Å². The van der Waals surface area contributed by atoms with Crippen LogP contribution in [0.1, 0.15) is 5.69 Å². The molecule has 0 aliphatic carbocycles. The SMILES string of the molecule is COc1ccc2ccccc2c1-n1c(C)cc2c(=O)[nH]cnc2c1=O. The fourth-order valence-electron chi connectivity index (χ4n) is 3.16. The number of H-pyrrole nitrogens is 1. The monoisotopic (exact) mass is 333 g/mol. The zero-order valence-corrected chi connectivity index (χ0v) is 13.7. The van der Waals surface area contributed by atoms with Crippen LogP contribution in [0.4, 0.5) is 0 Å². The maximum Gasteiger partial charge on any atom is 0.282 e. The van der Waals surface area contributed by atoms with Gasteiger partial charge in [0.05, 0.1) is 24.5 Å². The molecule has 0 saturated heterocycles. The van der Waals surface area contributed by atoms with E-state index in [1.165, 1.54) is 6.33 Å². The first-order valence-electron chi connectivity index (χ1n) is 7.78. The number of rotatable bonds is 2. The smallest absolute Gasteiger partial charge is 0.282 e. The minimum atomic E-state index is -0.351. The second kappa shape index (κ2) is 5.59. The highest BCUT2D eigenvalue weighted by atomic mass is 16.5. The summed E-state index contributed by atoms with van der Waals surface area (Å²) in [5.74, 6) is 0.577. The summed E-state index contributed by atoms with van der Waals surface area (Å²) in [6.45, 7) is 1.79. The van der Waals surface area contributed by atoms with Crippen molar-refractivity contribution in [1.82, 2.24) is 14.5 Å². The quantitative estimate of drug-likeness (QED) is 0.611. The van der Waals surface area contributed by atoms with E-state index in [9.17, 15) is 9.59 Å². The molecular weight excluding hydrogens is 318 g/mol. The molecular formula is C19H15N3O3. The predicted molar refractivity (Wildman–Crippen MR) is 96.8 cm³/mol. The second-order valence-corrected chi connectivity index (χ2v) is 5.76. The summed E-state index contributed by atoms with van der Waals surface area (Å²) >= 11 is 0. The number of aryl methyl sites for hydroxylation is 1. The van der Waals surface area contributed by atoms with E-state index in [1.54, 1.807) is 24.7 Å². The summed E-state index contributed by atoms with van der Waals surface area (Å²) in [6, 6.07) is 13.2. The van der Waals surface area contributed by atoms with Gasteiger partial charge in [0.15, 0.2) is 0 Å². The minimum absolute atomic E-state index is 0.129. The van der Waals surface area contributed by atoms with E-state index in [0.717, 1.165) is 10.8 Å². The van der Waals surface area contributed by atoms with Crippen LogP contribution in [0.3, 0.4) is 0 Å². The number of nitrogens with zero attached hydrogens (tertiary/aromatic N) is 2. The Hall–Kier alpha value is -3.41. The summed E-state index contributed by atoms with van der Waals surface area (Å²) < 4.78 is 7.06. The zero-order valence-electron chi connectivity index (χ0n) is 13.7. The van der Waals surface area contributed by atoms with E-state index in [1.807, 2.05) is 36.4 Å². The Morgan fingerprint density at radius 2 is 1.88 bits per heavy atom. The van der Waals surface area contributed by atoms with Crippen molar-refractivity contribution >= 4 is 21.7 Å². The highest BCUT2D eigenvalue weighted by Gasteiger charge is 2.17. The van der Waals surface area contributed by atoms with Crippen molar-refractivity contribution in [3.05, 3.63) is 75.2 Å². The highest BCUT2D eigenvalue weighted by Crippen LogP contribution is 2.31. The first-order valence-corrected chi connectivity index (χ1v) is 7.78. The van der Waals surface area contributed by atoms with Gasteiger partial charge in [0.25, 0.3) is 11.1 Å². The summed E-state index contributed by atoms with van der Waals surface area (Å²) in [5.41, 5.74) is 0.722. The molecule has 0 aliphatic heterocycles. The van der Waals surface area contributed by atoms with Gasteiger partial charge in [0.1, 0.15) is 11.3 Å². The fourth-order valence-corrected chi connectivity index (χ4v) is 3.16. The molecule has 0 saturated carbocycles. The zero-order chi connectivity index (χ0) is 17.6. The Morgan fingerprint density at radius 3 is 2.68 bits per heavy atom. The lowest BCUT2D eigenvalue weighted by Gasteiger charge is -2.17. The Bertz CT molecular complexity index is 1240. The Kier molecular flexibility index (Phi) is 3.39. The Morgan fingerprint density at radius 1 is 1.08 bits per heavy atom. The van der Waals surface area contributed by atoms with Crippen LogP contribution >= 0.6 is 0 Å². The third-order valence-corrected chi connectivity index (χ3v) is 4.31. The van der Waals surface area contributed by atoms with Gasteiger partial charge in [-0.2, -0.15) is 0 Å². The molecule has 1 N–H and O–H groups in total. The molecule has 25 heavy (non-hydrogen) atoms. The van der Waals surface area contributed by atoms with Crippen LogP contribution in [0.2, 0.25) is 0 Å². The number of nitrogens with one attached hydrogen (secondary N) is 1. The summed E-state index contributed by atoms with van der Waals surface area (Å²) in [5, 5.41) is 2.15. The summed E-state index contributed by atoms with van der Waals surface area (Å²) in [4.78, 5) is 31.7. The molecule has 6 heteroatoms. The number of aromatic nitrogens is 3. The van der Waals surface area contributed by atoms with Crippen molar-refractivity contribution in [2.75, 3.05) is 7.11 Å². The number of ether oxygens (including phenoxy) is 1. The van der Waals surface area contributed by atoms with Crippen molar-refractivity contribution in [2.24, 2.45) is 0 Å². The van der Waals surface area contributed by atoms with Crippen LogP contribution in [-0.2, 0) is 0 Å². The third kappa shape index (κ3) is 2.22. The number of hydrogen-bond donors (Lipinski definition) is 1. The van der Waals surface area contributed by atoms with Crippen LogP contribution in [-0.4, -0.2) is 21.6 Å². The van der Waals surface area contributed by atoms with Crippen molar-refractivity contribution in [1.29, 1.82) is 0 Å². The van der Waals surface area contributed by atoms with E-state index in [4.69, 9.17) is 4.74 Å². The van der Waals surface area contributed by atoms with Crippen molar-refractivity contribution in [3.8, 4) is 11.4 Å². The average Bonchev–Trinajstić information content (AvgIpc) is 2.63. The molecule has 0 unspecified atom stereocenters. The number of benzene rings is 2. The van der Waals surface area contributed by atoms with Gasteiger partial charge in [-0.25, -0.2) is 4.98 Å². The van der Waals surface area contributed by atoms with E-state index in [0.29, 0.717) is 17.1 Å². The second-order valence-electron chi connectivity index (χ2n) is 5.76. The lowest BCUT2D eigenvalue weighted by molar-refractivity contribution is 0.413. The van der Waals surface area contributed by atoms with Crippen LogP contribution in [0.25, 0.3) is 27.4 Å². The number of methoxy groups -OCH3 is 1. The van der Waals surface area contributed by atoms with Crippen molar-refractivity contribution in [2.45, 2.75) is 6.92 Å². The van der Waals surface area contributed by atoms with E-state index >= 15 is 0 Å². The normalized spacial score (nSPS) is 11.1. The van der Waals surface area contributed by atoms with Crippen LogP contribution < -0.4 is 15.9 Å². The van der Waals surface area contributed by atoms with Gasteiger partial charge in [-0.05, 0) is 24.4 Å². The molecule has 0 fully saturated rings. The summed E-state index contributed by atoms with van der Waals surface area (Å²) in [7, 11) is 1.57. The maximum atomic E-state index is 13.1. The average molecular weight is 333 g/mol. The molecule has 6 nitrogen and oxygen atoms in total. The van der Waals surface area contributed by atoms with Crippen molar-refractivity contribution < 1.29 is 4.74 Å². The molecule has 0 radical (unpaired) electrons. The van der Waals surface area contributed by atoms with Gasteiger partial charge >= 0.3 is 0 Å². The molecule has 4 rings (SSSR count). The molecule has 124 valence electrons. The van der Waals surface area contributed by atoms with Crippen molar-refractivity contribution in [3.63, 3.8) is 0 Å². The standard InChI is InChI=1S/C19H15N3O3/c1-11-9-14-16(20-10-21-18(14)23)19(24)22(11)17-13-6-4-3-5-12(13)7-8-15(17)25-2/h3-10H,1-2H3,(H,20,21,23). The van der Waals surface area contributed by atoms with E-state index in [2.05, 4.69) is 9.97 Å². The van der Waals surface area contributed by atoms with E-state index < -0.39 is 0 Å². The molecule has 0 amide bonds. The van der Waals surface area contributed by atoms with Gasteiger partial charge in [-0.15, -0.1) is 0 Å². The Balaban J connectivity index is 2.22. The first kappa shape index (κ1) is 15.1. The van der Waals surface area contributed by atoms with Gasteiger partial charge < -0.3 is 9.72 Å². The van der Waals surface area contributed by atoms with Gasteiger partial charge in [0.2, 0.25) is 0 Å². The highest BCUT2D eigenvalue weighted by molar-refractivity contribution is 5.93. The molecule has 0 bridgehead atoms. The van der Waals surface area contributed by atoms with Gasteiger partial charge in [-0.1, -0.05) is 30.3 Å². The lowest BCUT2D eigenvalue weighted by atomic mass is 10.1. The van der Waals surface area contributed by atoms with E-state index in [-0.39, 0.29) is 22.0 Å². The van der Waals surface area contributed by atoms with Gasteiger partial charge in [-0.3, -0.25) is 14.2 Å². The fraction of sp³-hybridized carbons (Fsp3) is 0.105. The number of hydrogen-bond acceptors (Lipinski definition) is 4. The number of aromatic amines is 1. The van der Waals surface area contributed by atoms with Gasteiger partial charge in [0, 0.05) is 11.1 Å². The molecule has 2 aromatic heterocycles. The number of pyridine rings is 1. The summed E-state index contributed by atoms with van der Waals surface area (Å²) in [6.07, 6.45) is 1.24.